The second kappa shape index (κ2) is 2.63. The Labute approximate surface area is 88.2 Å². The van der Waals surface area contributed by atoms with E-state index in [9.17, 15) is 0 Å². The molecule has 76 valence electrons. The minimum absolute atomic E-state index is 1.26. The van der Waals surface area contributed by atoms with Crippen molar-refractivity contribution in [2.75, 3.05) is 0 Å². The smallest absolute Gasteiger partial charge is 0.266 e. The molecule has 0 N–H and O–H groups in total. The van der Waals surface area contributed by atoms with Crippen LogP contribution in [0.1, 0.15) is 5.69 Å². The number of benzene rings is 1. The Kier molecular flexibility index (Phi) is 1.49. The zero-order valence-electron chi connectivity index (χ0n) is 9.23. The van der Waals surface area contributed by atoms with E-state index in [0.717, 1.165) is 0 Å². The van der Waals surface area contributed by atoms with Crippen molar-refractivity contribution in [2.24, 2.45) is 14.1 Å². The number of nitrogens with zero attached hydrogens (tertiary/aromatic N) is 3. The van der Waals surface area contributed by atoms with Crippen molar-refractivity contribution < 1.29 is 4.40 Å². The molecule has 0 saturated carbocycles. The van der Waals surface area contributed by atoms with Crippen molar-refractivity contribution in [1.82, 2.24) is 9.13 Å². The third-order valence-electron chi connectivity index (χ3n) is 3.19. The molecule has 0 aliphatic rings. The average Bonchev–Trinajstić information content (AvgIpc) is 2.68. The van der Waals surface area contributed by atoms with Gasteiger partial charge in [0.25, 0.3) is 5.65 Å². The standard InChI is InChI=1S/C12H14N3/c1-9-12-14(3)10-6-4-5-7-11(10)15(12)8-13(9)2/h4-8H,1-3H3/q+1. The topological polar surface area (TPSA) is 14.0 Å². The van der Waals surface area contributed by atoms with Crippen LogP contribution in [0.5, 0.6) is 0 Å². The van der Waals surface area contributed by atoms with Crippen LogP contribution in [0.4, 0.5) is 0 Å². The fourth-order valence-corrected chi connectivity index (χ4v) is 2.29. The van der Waals surface area contributed by atoms with Gasteiger partial charge in [-0.1, -0.05) is 12.1 Å². The van der Waals surface area contributed by atoms with E-state index in [4.69, 9.17) is 0 Å². The average molecular weight is 200 g/mol. The highest BCUT2D eigenvalue weighted by Crippen LogP contribution is 2.16. The van der Waals surface area contributed by atoms with Gasteiger partial charge in [-0.3, -0.25) is 9.13 Å². The molecule has 3 aromatic rings. The lowest BCUT2D eigenvalue weighted by molar-refractivity contribution is -0.482. The highest BCUT2D eigenvalue weighted by atomic mass is 15.2. The Bertz CT molecular complexity index is 658. The zero-order chi connectivity index (χ0) is 10.6. The van der Waals surface area contributed by atoms with Crippen molar-refractivity contribution in [3.05, 3.63) is 36.3 Å². The van der Waals surface area contributed by atoms with Crippen LogP contribution in [0.15, 0.2) is 30.6 Å². The van der Waals surface area contributed by atoms with Crippen molar-refractivity contribution in [1.29, 1.82) is 0 Å². The molecule has 0 aliphatic heterocycles. The Morgan fingerprint density at radius 2 is 1.87 bits per heavy atom. The first-order chi connectivity index (χ1) is 7.20. The van der Waals surface area contributed by atoms with Crippen LogP contribution in [-0.2, 0) is 14.1 Å². The third-order valence-corrected chi connectivity index (χ3v) is 3.19. The van der Waals surface area contributed by atoms with Gasteiger partial charge in [-0.25, -0.2) is 0 Å². The minimum atomic E-state index is 1.26. The van der Waals surface area contributed by atoms with Gasteiger partial charge in [-0.2, -0.15) is 4.40 Å². The molecule has 2 heterocycles. The number of aryl methyl sites for hydroxylation is 3. The van der Waals surface area contributed by atoms with Gasteiger partial charge in [-0.15, -0.1) is 0 Å². The van der Waals surface area contributed by atoms with Gasteiger partial charge in [0.15, 0.2) is 6.33 Å². The molecule has 15 heavy (non-hydrogen) atoms. The SMILES string of the molecule is Cc1c2n(C)c3ccccc3[n+]2cn1C. The van der Waals surface area contributed by atoms with Crippen molar-refractivity contribution in [3.63, 3.8) is 0 Å². The molecule has 0 bridgehead atoms. The van der Waals surface area contributed by atoms with Crippen LogP contribution in [0.3, 0.4) is 0 Å². The number of fused-ring (bicyclic) bond motifs is 3. The fourth-order valence-electron chi connectivity index (χ4n) is 2.29. The van der Waals surface area contributed by atoms with E-state index in [2.05, 4.69) is 65.1 Å². The maximum atomic E-state index is 2.24. The molecule has 2 aromatic heterocycles. The van der Waals surface area contributed by atoms with E-state index in [1.807, 2.05) is 0 Å². The van der Waals surface area contributed by atoms with Crippen molar-refractivity contribution >= 4 is 16.7 Å². The Morgan fingerprint density at radius 1 is 1.13 bits per heavy atom. The highest BCUT2D eigenvalue weighted by molar-refractivity contribution is 5.75. The number of imidazole rings is 2. The molecule has 0 atom stereocenters. The summed E-state index contributed by atoms with van der Waals surface area (Å²) in [7, 11) is 4.20. The van der Waals surface area contributed by atoms with Crippen LogP contribution >= 0.6 is 0 Å². The van der Waals surface area contributed by atoms with Gasteiger partial charge >= 0.3 is 0 Å². The van der Waals surface area contributed by atoms with Crippen LogP contribution in [0, 0.1) is 6.92 Å². The first-order valence-corrected chi connectivity index (χ1v) is 5.11. The Balaban J connectivity index is 2.67. The number of aromatic nitrogens is 3. The monoisotopic (exact) mass is 200 g/mol. The molecule has 3 rings (SSSR count). The van der Waals surface area contributed by atoms with Gasteiger partial charge in [0.05, 0.1) is 14.1 Å². The lowest BCUT2D eigenvalue weighted by Gasteiger charge is -1.91. The summed E-state index contributed by atoms with van der Waals surface area (Å²) >= 11 is 0. The Hall–Kier alpha value is -1.77. The molecule has 3 heteroatoms. The molecule has 3 nitrogen and oxygen atoms in total. The van der Waals surface area contributed by atoms with Gasteiger partial charge in [0.2, 0.25) is 0 Å². The van der Waals surface area contributed by atoms with E-state index in [0.29, 0.717) is 0 Å². The second-order valence-electron chi connectivity index (χ2n) is 4.05. The molecule has 0 radical (unpaired) electrons. The maximum absolute atomic E-state index is 2.24. The minimum Gasteiger partial charge on any atom is -0.266 e. The van der Waals surface area contributed by atoms with Crippen LogP contribution in [0.2, 0.25) is 0 Å². The summed E-state index contributed by atoms with van der Waals surface area (Å²) in [6.45, 7) is 2.15. The van der Waals surface area contributed by atoms with Crippen LogP contribution in [0.25, 0.3) is 16.7 Å². The normalized spacial score (nSPS) is 11.7. The van der Waals surface area contributed by atoms with Gasteiger partial charge in [0.1, 0.15) is 16.7 Å². The summed E-state index contributed by atoms with van der Waals surface area (Å²) in [6, 6.07) is 8.47. The largest absolute Gasteiger partial charge is 0.268 e. The third kappa shape index (κ3) is 0.923. The summed E-state index contributed by atoms with van der Waals surface area (Å²) in [5.74, 6) is 0. The zero-order valence-corrected chi connectivity index (χ0v) is 9.23. The van der Waals surface area contributed by atoms with E-state index in [1.165, 1.54) is 22.4 Å². The predicted octanol–water partition coefficient (Wildman–Crippen LogP) is 1.56. The Morgan fingerprint density at radius 3 is 2.67 bits per heavy atom. The molecule has 1 aromatic carbocycles. The molecule has 0 amide bonds. The highest BCUT2D eigenvalue weighted by Gasteiger charge is 2.19. The van der Waals surface area contributed by atoms with E-state index >= 15 is 0 Å². The molecule has 0 unspecified atom stereocenters. The quantitative estimate of drug-likeness (QED) is 0.489. The first kappa shape index (κ1) is 8.53. The fraction of sp³-hybridized carbons (Fsp3) is 0.250. The lowest BCUT2D eigenvalue weighted by Crippen LogP contribution is -2.16. The molecular weight excluding hydrogens is 186 g/mol. The number of para-hydroxylation sites is 2. The van der Waals surface area contributed by atoms with Gasteiger partial charge in [0, 0.05) is 0 Å². The summed E-state index contributed by atoms with van der Waals surface area (Å²) in [5.41, 5.74) is 5.09. The number of hydrogen-bond acceptors (Lipinski definition) is 0. The second-order valence-corrected chi connectivity index (χ2v) is 4.05. The molecule has 0 spiro atoms. The van der Waals surface area contributed by atoms with E-state index in [1.54, 1.807) is 0 Å². The maximum Gasteiger partial charge on any atom is 0.268 e. The molecular formula is C12H14N3+. The number of hydrogen-bond donors (Lipinski definition) is 0. The van der Waals surface area contributed by atoms with E-state index < -0.39 is 0 Å². The predicted molar refractivity (Wildman–Crippen MR) is 59.8 cm³/mol. The van der Waals surface area contributed by atoms with Crippen LogP contribution in [-0.4, -0.2) is 9.13 Å². The summed E-state index contributed by atoms with van der Waals surface area (Å²) in [5, 5.41) is 0. The molecule has 0 aliphatic carbocycles. The van der Waals surface area contributed by atoms with Crippen molar-refractivity contribution in [2.45, 2.75) is 6.92 Å². The summed E-state index contributed by atoms with van der Waals surface area (Å²) in [4.78, 5) is 0. The number of rotatable bonds is 0. The van der Waals surface area contributed by atoms with Crippen LogP contribution < -0.4 is 4.40 Å². The molecule has 0 saturated heterocycles. The van der Waals surface area contributed by atoms with Gasteiger partial charge in [-0.05, 0) is 19.1 Å². The first-order valence-electron chi connectivity index (χ1n) is 5.11. The lowest BCUT2D eigenvalue weighted by atomic mass is 10.3. The summed E-state index contributed by atoms with van der Waals surface area (Å²) < 4.78 is 6.64. The van der Waals surface area contributed by atoms with Crippen molar-refractivity contribution in [3.8, 4) is 0 Å². The molecule has 0 fully saturated rings. The van der Waals surface area contributed by atoms with Gasteiger partial charge < -0.3 is 0 Å². The summed E-state index contributed by atoms with van der Waals surface area (Å²) in [6.07, 6.45) is 2.13. The van der Waals surface area contributed by atoms with E-state index in [-0.39, 0.29) is 0 Å².